The first-order chi connectivity index (χ1) is 20.8. The lowest BCUT2D eigenvalue weighted by atomic mass is 9.82. The number of methoxy groups -OCH3 is 1. The molecular weight excluding hydrogens is 543 g/mol. The van der Waals surface area contributed by atoms with Crippen molar-refractivity contribution in [3.63, 3.8) is 0 Å². The minimum atomic E-state index is -0.767. The number of rotatable bonds is 9. The topological polar surface area (TPSA) is 71.9 Å². The van der Waals surface area contributed by atoms with Crippen molar-refractivity contribution in [3.05, 3.63) is 76.7 Å². The standard InChI is InChI=1S/C36H41FN2O4/c1-22(35(40)41)34(24-6-7-24)26-8-5-23-9-10-31(43-32(23)18-26)29-17-27(21-39-16-4-3-12-36(39)13-14-36)28(20-30(29)37)25-11-15-38-33(19-25)42-2/h5,8,11,15,17-20,22,24,31,34H,3-4,6-7,9-10,12-14,16,21H2,1-2H3,(H,40,41)/t22-,31?,34-/m0/s1. The van der Waals surface area contributed by atoms with Crippen LogP contribution < -0.4 is 9.47 Å². The van der Waals surface area contributed by atoms with Gasteiger partial charge in [-0.3, -0.25) is 9.69 Å². The molecule has 1 aromatic heterocycles. The zero-order valence-corrected chi connectivity index (χ0v) is 25.2. The van der Waals surface area contributed by atoms with E-state index in [-0.39, 0.29) is 11.7 Å². The van der Waals surface area contributed by atoms with E-state index in [1.54, 1.807) is 26.3 Å². The molecule has 2 aliphatic carbocycles. The molecule has 2 aliphatic heterocycles. The Labute approximate surface area is 253 Å². The Morgan fingerprint density at radius 1 is 1.14 bits per heavy atom. The Balaban J connectivity index is 1.23. The Morgan fingerprint density at radius 2 is 1.98 bits per heavy atom. The fourth-order valence-corrected chi connectivity index (χ4v) is 7.68. The predicted octanol–water partition coefficient (Wildman–Crippen LogP) is 7.70. The minimum Gasteiger partial charge on any atom is -0.485 e. The number of ether oxygens (including phenoxy) is 2. The molecular formula is C36H41FN2O4. The van der Waals surface area contributed by atoms with Gasteiger partial charge in [-0.2, -0.15) is 0 Å². The molecule has 2 saturated carbocycles. The number of hydrogen-bond acceptors (Lipinski definition) is 5. The summed E-state index contributed by atoms with van der Waals surface area (Å²) < 4.78 is 28.1. The molecule has 1 N–H and O–H groups in total. The summed E-state index contributed by atoms with van der Waals surface area (Å²) in [6.45, 7) is 3.65. The van der Waals surface area contributed by atoms with Gasteiger partial charge in [0, 0.05) is 29.9 Å². The molecule has 7 rings (SSSR count). The number of aryl methyl sites for hydroxylation is 1. The summed E-state index contributed by atoms with van der Waals surface area (Å²) in [5.41, 5.74) is 5.88. The van der Waals surface area contributed by atoms with Crippen molar-refractivity contribution in [2.75, 3.05) is 13.7 Å². The van der Waals surface area contributed by atoms with Gasteiger partial charge in [0.05, 0.1) is 13.0 Å². The molecule has 226 valence electrons. The molecule has 3 aromatic rings. The molecule has 1 saturated heterocycles. The van der Waals surface area contributed by atoms with Gasteiger partial charge < -0.3 is 14.6 Å². The maximum Gasteiger partial charge on any atom is 0.306 e. The molecule has 3 heterocycles. The Hall–Kier alpha value is -3.45. The quantitative estimate of drug-likeness (QED) is 0.278. The maximum absolute atomic E-state index is 16.1. The number of fused-ring (bicyclic) bond motifs is 1. The highest BCUT2D eigenvalue weighted by Crippen LogP contribution is 2.50. The third-order valence-electron chi connectivity index (χ3n) is 10.5. The molecule has 3 fully saturated rings. The van der Waals surface area contributed by atoms with Crippen LogP contribution in [-0.4, -0.2) is 40.2 Å². The maximum atomic E-state index is 16.1. The SMILES string of the molecule is COc1cc(-c2cc(F)c(C3CCc4ccc([C@H](C5CC5)[C@H](C)C(=O)O)cc4O3)cc2CN2CCCCC23CC3)ccn1. The van der Waals surface area contributed by atoms with Crippen molar-refractivity contribution < 1.29 is 23.8 Å². The fourth-order valence-electron chi connectivity index (χ4n) is 7.68. The van der Waals surface area contributed by atoms with E-state index in [0.29, 0.717) is 29.3 Å². The number of carboxylic acid groups (broad SMARTS) is 1. The molecule has 2 aromatic carbocycles. The number of carboxylic acids is 1. The molecule has 0 radical (unpaired) electrons. The Morgan fingerprint density at radius 3 is 2.72 bits per heavy atom. The average Bonchev–Trinajstić information content (AvgIpc) is 3.97. The van der Waals surface area contributed by atoms with Crippen LogP contribution in [0.15, 0.2) is 48.7 Å². The minimum absolute atomic E-state index is 0.0361. The summed E-state index contributed by atoms with van der Waals surface area (Å²) in [6.07, 6.45) is 11.1. The lowest BCUT2D eigenvalue weighted by Gasteiger charge is -2.37. The van der Waals surface area contributed by atoms with Crippen molar-refractivity contribution in [1.29, 1.82) is 0 Å². The molecule has 43 heavy (non-hydrogen) atoms. The number of pyridine rings is 1. The number of benzene rings is 2. The van der Waals surface area contributed by atoms with E-state index in [9.17, 15) is 9.90 Å². The van der Waals surface area contributed by atoms with Gasteiger partial charge in [0.1, 0.15) is 17.7 Å². The van der Waals surface area contributed by atoms with Crippen LogP contribution in [0.3, 0.4) is 0 Å². The highest BCUT2D eigenvalue weighted by atomic mass is 19.1. The summed E-state index contributed by atoms with van der Waals surface area (Å²) >= 11 is 0. The second-order valence-corrected chi connectivity index (χ2v) is 13.2. The second kappa shape index (κ2) is 11.2. The van der Waals surface area contributed by atoms with Gasteiger partial charge in [-0.05, 0) is 122 Å². The van der Waals surface area contributed by atoms with Crippen molar-refractivity contribution in [2.45, 2.75) is 88.8 Å². The summed E-state index contributed by atoms with van der Waals surface area (Å²) in [7, 11) is 1.60. The summed E-state index contributed by atoms with van der Waals surface area (Å²) in [5.74, 6) is 0.126. The van der Waals surface area contributed by atoms with Crippen LogP contribution in [0.1, 0.15) is 92.6 Å². The number of nitrogens with zero attached hydrogens (tertiary/aromatic N) is 2. The summed E-state index contributed by atoms with van der Waals surface area (Å²) in [4.78, 5) is 18.8. The van der Waals surface area contributed by atoms with E-state index in [0.717, 1.165) is 65.9 Å². The first-order valence-corrected chi connectivity index (χ1v) is 16.0. The number of carbonyl (C=O) groups is 1. The van der Waals surface area contributed by atoms with E-state index >= 15 is 4.39 Å². The predicted molar refractivity (Wildman–Crippen MR) is 163 cm³/mol. The fraction of sp³-hybridized carbons (Fsp3) is 0.500. The van der Waals surface area contributed by atoms with Gasteiger partial charge in [-0.25, -0.2) is 9.37 Å². The van der Waals surface area contributed by atoms with Gasteiger partial charge in [-0.15, -0.1) is 0 Å². The molecule has 3 atom stereocenters. The van der Waals surface area contributed by atoms with Crippen molar-refractivity contribution in [2.24, 2.45) is 11.8 Å². The number of hydrogen-bond donors (Lipinski definition) is 1. The molecule has 1 spiro atoms. The average molecular weight is 585 g/mol. The van der Waals surface area contributed by atoms with Crippen LogP contribution >= 0.6 is 0 Å². The lowest BCUT2D eigenvalue weighted by Crippen LogP contribution is -2.41. The van der Waals surface area contributed by atoms with E-state index in [1.165, 1.54) is 32.1 Å². The number of likely N-dealkylation sites (tertiary alicyclic amines) is 1. The van der Waals surface area contributed by atoms with Crippen LogP contribution in [0.25, 0.3) is 11.1 Å². The van der Waals surface area contributed by atoms with Gasteiger partial charge in [-0.1, -0.05) is 25.5 Å². The van der Waals surface area contributed by atoms with E-state index in [4.69, 9.17) is 9.47 Å². The highest BCUT2D eigenvalue weighted by molar-refractivity contribution is 5.71. The van der Waals surface area contributed by atoms with E-state index in [2.05, 4.69) is 22.0 Å². The van der Waals surface area contributed by atoms with Gasteiger partial charge >= 0.3 is 5.97 Å². The molecule has 1 unspecified atom stereocenters. The van der Waals surface area contributed by atoms with Gasteiger partial charge in [0.15, 0.2) is 0 Å². The number of aromatic nitrogens is 1. The summed E-state index contributed by atoms with van der Waals surface area (Å²) in [6, 6.07) is 13.7. The molecule has 6 nitrogen and oxygen atoms in total. The van der Waals surface area contributed by atoms with Gasteiger partial charge in [0.2, 0.25) is 5.88 Å². The first-order valence-electron chi connectivity index (χ1n) is 16.0. The number of aliphatic carboxylic acids is 1. The van der Waals surface area contributed by atoms with Crippen molar-refractivity contribution in [1.82, 2.24) is 9.88 Å². The number of piperidine rings is 1. The third kappa shape index (κ3) is 5.52. The zero-order chi connectivity index (χ0) is 29.7. The van der Waals surface area contributed by atoms with Crippen LogP contribution in [0.5, 0.6) is 11.6 Å². The third-order valence-corrected chi connectivity index (χ3v) is 10.5. The van der Waals surface area contributed by atoms with E-state index in [1.807, 2.05) is 24.3 Å². The first kappa shape index (κ1) is 28.3. The lowest BCUT2D eigenvalue weighted by molar-refractivity contribution is -0.142. The largest absolute Gasteiger partial charge is 0.485 e. The molecule has 0 amide bonds. The molecule has 0 bridgehead atoms. The Kier molecular flexibility index (Phi) is 7.40. The van der Waals surface area contributed by atoms with E-state index < -0.39 is 18.0 Å². The second-order valence-electron chi connectivity index (χ2n) is 13.2. The monoisotopic (exact) mass is 584 g/mol. The normalized spacial score (nSPS) is 22.3. The van der Waals surface area contributed by atoms with Crippen LogP contribution in [0.2, 0.25) is 0 Å². The summed E-state index contributed by atoms with van der Waals surface area (Å²) in [5, 5.41) is 9.78. The van der Waals surface area contributed by atoms with Crippen molar-refractivity contribution in [3.8, 4) is 22.8 Å². The van der Waals surface area contributed by atoms with Crippen molar-refractivity contribution >= 4 is 5.97 Å². The van der Waals surface area contributed by atoms with Crippen LogP contribution in [-0.2, 0) is 17.8 Å². The van der Waals surface area contributed by atoms with Gasteiger partial charge in [0.25, 0.3) is 0 Å². The Bertz CT molecular complexity index is 1530. The van der Waals surface area contributed by atoms with Crippen LogP contribution in [0, 0.1) is 17.7 Å². The number of halogens is 1. The molecule has 7 heteroatoms. The molecule has 4 aliphatic rings. The van der Waals surface area contributed by atoms with Crippen LogP contribution in [0.4, 0.5) is 4.39 Å². The zero-order valence-electron chi connectivity index (χ0n) is 25.2. The highest BCUT2D eigenvalue weighted by Gasteiger charge is 2.48. The smallest absolute Gasteiger partial charge is 0.306 e.